The molecule has 0 spiro atoms. The van der Waals surface area contributed by atoms with Gasteiger partial charge in [-0.1, -0.05) is 6.07 Å². The summed E-state index contributed by atoms with van der Waals surface area (Å²) >= 11 is 0. The van der Waals surface area contributed by atoms with Crippen molar-refractivity contribution in [1.82, 2.24) is 19.4 Å². The van der Waals surface area contributed by atoms with E-state index in [1.165, 1.54) is 5.56 Å². The van der Waals surface area contributed by atoms with Crippen LogP contribution in [0.15, 0.2) is 53.8 Å². The Labute approximate surface area is 159 Å². The van der Waals surface area contributed by atoms with Crippen LogP contribution in [0.25, 0.3) is 10.9 Å². The Balaban J connectivity index is 1.47. The first kappa shape index (κ1) is 17.7. The molecule has 0 amide bonds. The third-order valence-electron chi connectivity index (χ3n) is 5.19. The Morgan fingerprint density at radius 1 is 1.11 bits per heavy atom. The van der Waals surface area contributed by atoms with Crippen LogP contribution in [0.2, 0.25) is 0 Å². The first-order valence-corrected chi connectivity index (χ1v) is 9.49. The summed E-state index contributed by atoms with van der Waals surface area (Å²) in [6, 6.07) is 10.2. The average molecular weight is 363 g/mol. The molecule has 0 bridgehead atoms. The maximum Gasteiger partial charge on any atom is 0.261 e. The summed E-state index contributed by atoms with van der Waals surface area (Å²) < 4.78 is 1.68. The van der Waals surface area contributed by atoms with Gasteiger partial charge in [0.2, 0.25) is 0 Å². The Morgan fingerprint density at radius 3 is 2.63 bits per heavy atom. The third kappa shape index (κ3) is 3.71. The van der Waals surface area contributed by atoms with Gasteiger partial charge < -0.3 is 4.90 Å². The molecular weight excluding hydrogens is 338 g/mol. The number of piperazine rings is 1. The molecule has 140 valence electrons. The molecule has 2 aromatic heterocycles. The quantitative estimate of drug-likeness (QED) is 0.713. The number of hydrogen-bond acceptors (Lipinski definition) is 5. The zero-order chi connectivity index (χ0) is 18.8. The first-order chi connectivity index (χ1) is 13.1. The largest absolute Gasteiger partial charge is 0.369 e. The van der Waals surface area contributed by atoms with Crippen molar-refractivity contribution in [2.24, 2.45) is 0 Å². The van der Waals surface area contributed by atoms with Crippen molar-refractivity contribution in [3.05, 3.63) is 65.0 Å². The normalized spacial score (nSPS) is 15.6. The maximum atomic E-state index is 12.6. The maximum absolute atomic E-state index is 12.6. The van der Waals surface area contributed by atoms with Crippen molar-refractivity contribution in [1.29, 1.82) is 0 Å². The topological polar surface area (TPSA) is 54.3 Å². The van der Waals surface area contributed by atoms with Crippen LogP contribution in [0.4, 0.5) is 5.69 Å². The van der Waals surface area contributed by atoms with Gasteiger partial charge in [0, 0.05) is 56.8 Å². The van der Waals surface area contributed by atoms with Gasteiger partial charge in [-0.2, -0.15) is 0 Å². The number of pyridine rings is 1. The second-order valence-electron chi connectivity index (χ2n) is 7.38. The fourth-order valence-corrected chi connectivity index (χ4v) is 3.60. The molecule has 1 saturated heterocycles. The van der Waals surface area contributed by atoms with E-state index in [0.717, 1.165) is 43.9 Å². The van der Waals surface area contributed by atoms with Crippen LogP contribution in [0.1, 0.15) is 25.5 Å². The lowest BCUT2D eigenvalue weighted by molar-refractivity contribution is 0.249. The van der Waals surface area contributed by atoms with Gasteiger partial charge in [0.1, 0.15) is 0 Å². The lowest BCUT2D eigenvalue weighted by Gasteiger charge is -2.36. The molecule has 27 heavy (non-hydrogen) atoms. The highest BCUT2D eigenvalue weighted by atomic mass is 16.1. The number of hydrogen-bond donors (Lipinski definition) is 0. The van der Waals surface area contributed by atoms with Gasteiger partial charge in [-0.3, -0.25) is 19.2 Å². The van der Waals surface area contributed by atoms with Crippen LogP contribution in [-0.4, -0.2) is 45.6 Å². The predicted molar refractivity (Wildman–Crippen MR) is 108 cm³/mol. The number of aromatic nitrogens is 3. The van der Waals surface area contributed by atoms with E-state index in [4.69, 9.17) is 0 Å². The van der Waals surface area contributed by atoms with Crippen LogP contribution < -0.4 is 10.5 Å². The molecule has 1 aliphatic heterocycles. The zero-order valence-electron chi connectivity index (χ0n) is 15.9. The summed E-state index contributed by atoms with van der Waals surface area (Å²) in [5, 5.41) is 0.685. The molecule has 6 nitrogen and oxygen atoms in total. The molecule has 0 radical (unpaired) electrons. The van der Waals surface area contributed by atoms with Crippen LogP contribution in [0.3, 0.4) is 0 Å². The predicted octanol–water partition coefficient (Wildman–Crippen LogP) is 2.69. The van der Waals surface area contributed by atoms with Gasteiger partial charge in [-0.05, 0) is 43.7 Å². The van der Waals surface area contributed by atoms with Gasteiger partial charge in [-0.15, -0.1) is 0 Å². The molecule has 4 rings (SSSR count). The zero-order valence-corrected chi connectivity index (χ0v) is 15.9. The van der Waals surface area contributed by atoms with E-state index in [-0.39, 0.29) is 11.6 Å². The standard InChI is InChI=1S/C21H25N5O/c1-16(2)26-15-23-20-12-18(5-6-19(20)21(26)27)25-10-8-24(9-11-25)14-17-4-3-7-22-13-17/h3-7,12-13,15-16H,8-11,14H2,1-2H3. The van der Waals surface area contributed by atoms with Gasteiger partial charge in [-0.25, -0.2) is 4.98 Å². The van der Waals surface area contributed by atoms with Gasteiger partial charge in [0.05, 0.1) is 17.2 Å². The summed E-state index contributed by atoms with van der Waals surface area (Å²) in [7, 11) is 0. The Kier molecular flexibility index (Phi) is 4.90. The van der Waals surface area contributed by atoms with Crippen molar-refractivity contribution in [2.45, 2.75) is 26.4 Å². The molecule has 0 aliphatic carbocycles. The van der Waals surface area contributed by atoms with E-state index in [1.807, 2.05) is 50.5 Å². The lowest BCUT2D eigenvalue weighted by Crippen LogP contribution is -2.46. The van der Waals surface area contributed by atoms with Crippen LogP contribution in [0, 0.1) is 0 Å². The summed E-state index contributed by atoms with van der Waals surface area (Å²) in [5.74, 6) is 0. The Hall–Kier alpha value is -2.73. The van der Waals surface area contributed by atoms with Crippen LogP contribution in [-0.2, 0) is 6.54 Å². The van der Waals surface area contributed by atoms with E-state index in [0.29, 0.717) is 5.39 Å². The molecule has 1 aliphatic rings. The molecule has 0 atom stereocenters. The Morgan fingerprint density at radius 2 is 1.93 bits per heavy atom. The second-order valence-corrected chi connectivity index (χ2v) is 7.38. The summed E-state index contributed by atoms with van der Waals surface area (Å²) in [4.78, 5) is 26.1. The number of anilines is 1. The van der Waals surface area contributed by atoms with Crippen LogP contribution >= 0.6 is 0 Å². The number of rotatable bonds is 4. The van der Waals surface area contributed by atoms with E-state index in [2.05, 4.69) is 25.8 Å². The minimum atomic E-state index is 0.0304. The fourth-order valence-electron chi connectivity index (χ4n) is 3.60. The second kappa shape index (κ2) is 7.48. The van der Waals surface area contributed by atoms with Gasteiger partial charge in [0.25, 0.3) is 5.56 Å². The summed E-state index contributed by atoms with van der Waals surface area (Å²) in [5.41, 5.74) is 3.19. The summed E-state index contributed by atoms with van der Waals surface area (Å²) in [6.07, 6.45) is 5.40. The summed E-state index contributed by atoms with van der Waals surface area (Å²) in [6.45, 7) is 8.88. The molecule has 1 aromatic carbocycles. The smallest absolute Gasteiger partial charge is 0.261 e. The highest BCUT2D eigenvalue weighted by Crippen LogP contribution is 2.21. The Bertz CT molecular complexity index is 975. The van der Waals surface area contributed by atoms with Crippen LogP contribution in [0.5, 0.6) is 0 Å². The molecule has 0 unspecified atom stereocenters. The van der Waals surface area contributed by atoms with E-state index in [9.17, 15) is 4.79 Å². The highest BCUT2D eigenvalue weighted by molar-refractivity contribution is 5.81. The average Bonchev–Trinajstić information content (AvgIpc) is 2.69. The van der Waals surface area contributed by atoms with Crippen molar-refractivity contribution in [2.75, 3.05) is 31.1 Å². The molecule has 0 N–H and O–H groups in total. The lowest BCUT2D eigenvalue weighted by atomic mass is 10.1. The van der Waals surface area contributed by atoms with Gasteiger partial charge >= 0.3 is 0 Å². The molecule has 0 saturated carbocycles. The SMILES string of the molecule is CC(C)n1cnc2cc(N3CCN(Cc4cccnc4)CC3)ccc2c1=O. The number of nitrogens with zero attached hydrogens (tertiary/aromatic N) is 5. The molecule has 3 aromatic rings. The minimum absolute atomic E-state index is 0.0304. The first-order valence-electron chi connectivity index (χ1n) is 9.49. The number of fused-ring (bicyclic) bond motifs is 1. The van der Waals surface area contributed by atoms with E-state index < -0.39 is 0 Å². The van der Waals surface area contributed by atoms with E-state index in [1.54, 1.807) is 10.9 Å². The number of benzene rings is 1. The van der Waals surface area contributed by atoms with Crippen molar-refractivity contribution in [3.63, 3.8) is 0 Å². The third-order valence-corrected chi connectivity index (χ3v) is 5.19. The molecule has 3 heterocycles. The van der Waals surface area contributed by atoms with Crippen molar-refractivity contribution < 1.29 is 0 Å². The highest BCUT2D eigenvalue weighted by Gasteiger charge is 2.18. The van der Waals surface area contributed by atoms with E-state index >= 15 is 0 Å². The molecular formula is C21H25N5O. The monoisotopic (exact) mass is 363 g/mol. The van der Waals surface area contributed by atoms with Gasteiger partial charge in [0.15, 0.2) is 0 Å². The minimum Gasteiger partial charge on any atom is -0.369 e. The fraction of sp³-hybridized carbons (Fsp3) is 0.381. The molecule has 1 fully saturated rings. The van der Waals surface area contributed by atoms with Crippen molar-refractivity contribution >= 4 is 16.6 Å². The molecule has 6 heteroatoms. The van der Waals surface area contributed by atoms with Crippen molar-refractivity contribution in [3.8, 4) is 0 Å².